The topological polar surface area (TPSA) is 36.8 Å². The second kappa shape index (κ2) is 5.37. The molecule has 0 fully saturated rings. The summed E-state index contributed by atoms with van der Waals surface area (Å²) in [6.07, 6.45) is -0.226. The van der Waals surface area contributed by atoms with Gasteiger partial charge in [-0.1, -0.05) is 28.1 Å². The van der Waals surface area contributed by atoms with Gasteiger partial charge in [0.2, 0.25) is 0 Å². The number of nitrogens with two attached hydrogens (primary N) is 1. The summed E-state index contributed by atoms with van der Waals surface area (Å²) in [5.74, 6) is 0. The molecule has 0 radical (unpaired) electrons. The summed E-state index contributed by atoms with van der Waals surface area (Å²) in [4.78, 5) is 0. The van der Waals surface area contributed by atoms with Crippen LogP contribution >= 0.6 is 15.9 Å². The van der Waals surface area contributed by atoms with Crippen LogP contribution in [0.2, 0.25) is 0 Å². The van der Waals surface area contributed by atoms with Crippen molar-refractivity contribution in [2.45, 2.75) is 19.6 Å². The number of aliphatic hydroxyl groups excluding tert-OH is 1. The highest BCUT2D eigenvalue weighted by Crippen LogP contribution is 2.09. The molecule has 0 spiro atoms. The van der Waals surface area contributed by atoms with Crippen LogP contribution in [0.3, 0.4) is 0 Å². The van der Waals surface area contributed by atoms with Gasteiger partial charge in [-0.2, -0.15) is 0 Å². The van der Waals surface area contributed by atoms with E-state index in [0.717, 1.165) is 17.6 Å². The zero-order chi connectivity index (χ0) is 9.68. The number of halogens is 1. The molecular weight excluding hydrogens is 230 g/mol. The normalized spacial score (nSPS) is 12.8. The van der Waals surface area contributed by atoms with Crippen molar-refractivity contribution in [2.24, 2.45) is 0 Å². The molecule has 3 N–H and O–H groups in total. The highest BCUT2D eigenvalue weighted by atomic mass is 79.9. The highest BCUT2D eigenvalue weighted by Gasteiger charge is 1.98. The quantitative estimate of drug-likeness (QED) is 0.812. The molecule has 1 aromatic carbocycles. The molecule has 0 amide bonds. The molecule has 0 aliphatic carbocycles. The zero-order valence-electron chi connectivity index (χ0n) is 7.70. The Bertz CT molecular complexity index is 246. The molecule has 3 heteroatoms. The molecule has 0 unspecified atom stereocenters. The van der Waals surface area contributed by atoms with Gasteiger partial charge in [0, 0.05) is 10.0 Å². The van der Waals surface area contributed by atoms with Crippen molar-refractivity contribution in [1.29, 1.82) is 0 Å². The Balaban J connectivity index is 2.33. The molecule has 0 heterocycles. The molecule has 1 atom stereocenters. The Morgan fingerprint density at radius 1 is 1.38 bits per heavy atom. The number of rotatable bonds is 4. The Morgan fingerprint density at radius 2 is 2.00 bits per heavy atom. The van der Waals surface area contributed by atoms with Crippen LogP contribution in [0.15, 0.2) is 28.7 Å². The summed E-state index contributed by atoms with van der Waals surface area (Å²) < 4.78 is 1.10. The fourth-order valence-electron chi connectivity index (χ4n) is 1.11. The van der Waals surface area contributed by atoms with Crippen LogP contribution in [-0.4, -0.2) is 17.8 Å². The average Bonchev–Trinajstić information content (AvgIpc) is 2.08. The molecule has 0 aromatic heterocycles. The third-order valence-corrected chi connectivity index (χ3v) is 2.33. The van der Waals surface area contributed by atoms with E-state index in [1.165, 1.54) is 5.56 Å². The van der Waals surface area contributed by atoms with Gasteiger partial charge in [-0.3, -0.25) is 0 Å². The van der Waals surface area contributed by atoms with Gasteiger partial charge in [-0.25, -0.2) is 0 Å². The van der Waals surface area contributed by atoms with Crippen molar-refractivity contribution in [3.05, 3.63) is 34.3 Å². The molecule has 0 saturated carbocycles. The predicted octanol–water partition coefficient (Wildman–Crippen LogP) is 0.893. The number of aliphatic hydroxyl groups is 1. The van der Waals surface area contributed by atoms with Crippen molar-refractivity contribution < 1.29 is 10.4 Å². The molecule has 0 bridgehead atoms. The summed E-state index contributed by atoms with van der Waals surface area (Å²) in [5, 5.41) is 11.1. The lowest BCUT2D eigenvalue weighted by Gasteiger charge is -2.03. The van der Waals surface area contributed by atoms with Gasteiger partial charge in [-0.15, -0.1) is 0 Å². The SMILES string of the molecule is C[C@@H](O)C[NH2+]Cc1ccc(Br)cc1. The largest absolute Gasteiger partial charge is 0.388 e. The van der Waals surface area contributed by atoms with Crippen LogP contribution in [-0.2, 0) is 6.54 Å². The lowest BCUT2D eigenvalue weighted by molar-refractivity contribution is -0.676. The van der Waals surface area contributed by atoms with E-state index >= 15 is 0 Å². The van der Waals surface area contributed by atoms with E-state index in [9.17, 15) is 0 Å². The van der Waals surface area contributed by atoms with Gasteiger partial charge in [-0.05, 0) is 19.1 Å². The maximum Gasteiger partial charge on any atom is 0.102 e. The first kappa shape index (κ1) is 10.7. The molecule has 1 aromatic rings. The van der Waals surface area contributed by atoms with E-state index < -0.39 is 0 Å². The van der Waals surface area contributed by atoms with Crippen LogP contribution in [0, 0.1) is 0 Å². The monoisotopic (exact) mass is 244 g/mol. The molecular formula is C10H15BrNO+. The van der Waals surface area contributed by atoms with Crippen LogP contribution in [0.25, 0.3) is 0 Å². The second-order valence-corrected chi connectivity index (χ2v) is 4.12. The molecule has 13 heavy (non-hydrogen) atoms. The van der Waals surface area contributed by atoms with Gasteiger partial charge >= 0.3 is 0 Å². The van der Waals surface area contributed by atoms with Crippen LogP contribution < -0.4 is 5.32 Å². The number of benzene rings is 1. The smallest absolute Gasteiger partial charge is 0.102 e. The standard InChI is InChI=1S/C10H14BrNO/c1-8(13)6-12-7-9-2-4-10(11)5-3-9/h2-5,8,12-13H,6-7H2,1H3/p+1/t8-/m1/s1. The summed E-state index contributed by atoms with van der Waals surface area (Å²) in [6.45, 7) is 3.49. The summed E-state index contributed by atoms with van der Waals surface area (Å²) in [6, 6.07) is 8.24. The minimum atomic E-state index is -0.226. The molecule has 1 rings (SSSR count). The average molecular weight is 245 g/mol. The van der Waals surface area contributed by atoms with Crippen LogP contribution in [0.4, 0.5) is 0 Å². The molecule has 72 valence electrons. The lowest BCUT2D eigenvalue weighted by atomic mass is 10.2. The molecule has 2 nitrogen and oxygen atoms in total. The maximum atomic E-state index is 9.04. The van der Waals surface area contributed by atoms with E-state index in [0.29, 0.717) is 0 Å². The van der Waals surface area contributed by atoms with Crippen molar-refractivity contribution in [3.63, 3.8) is 0 Å². The fourth-order valence-corrected chi connectivity index (χ4v) is 1.38. The number of quaternary nitrogens is 1. The Kier molecular flexibility index (Phi) is 4.42. The van der Waals surface area contributed by atoms with E-state index in [4.69, 9.17) is 5.11 Å². The summed E-state index contributed by atoms with van der Waals surface area (Å²) >= 11 is 3.39. The van der Waals surface area contributed by atoms with E-state index in [1.807, 2.05) is 12.1 Å². The third kappa shape index (κ3) is 4.41. The van der Waals surface area contributed by atoms with Crippen LogP contribution in [0.5, 0.6) is 0 Å². The maximum absolute atomic E-state index is 9.04. The third-order valence-electron chi connectivity index (χ3n) is 1.80. The highest BCUT2D eigenvalue weighted by molar-refractivity contribution is 9.10. The lowest BCUT2D eigenvalue weighted by Crippen LogP contribution is -2.84. The minimum absolute atomic E-state index is 0.226. The van der Waals surface area contributed by atoms with Crippen molar-refractivity contribution in [3.8, 4) is 0 Å². The Morgan fingerprint density at radius 3 is 2.54 bits per heavy atom. The number of hydrogen-bond donors (Lipinski definition) is 2. The van der Waals surface area contributed by atoms with Gasteiger partial charge < -0.3 is 10.4 Å². The molecule has 0 aliphatic rings. The summed E-state index contributed by atoms with van der Waals surface area (Å²) in [7, 11) is 0. The van der Waals surface area contributed by atoms with Crippen molar-refractivity contribution >= 4 is 15.9 Å². The van der Waals surface area contributed by atoms with Gasteiger partial charge in [0.1, 0.15) is 13.1 Å². The van der Waals surface area contributed by atoms with Crippen molar-refractivity contribution in [1.82, 2.24) is 0 Å². The first-order chi connectivity index (χ1) is 6.18. The van der Waals surface area contributed by atoms with Gasteiger partial charge in [0.25, 0.3) is 0 Å². The predicted molar refractivity (Wildman–Crippen MR) is 56.3 cm³/mol. The van der Waals surface area contributed by atoms with Crippen LogP contribution in [0.1, 0.15) is 12.5 Å². The molecule has 0 aliphatic heterocycles. The first-order valence-electron chi connectivity index (χ1n) is 4.42. The Labute approximate surface area is 87.1 Å². The Hall–Kier alpha value is -0.380. The second-order valence-electron chi connectivity index (χ2n) is 3.20. The van der Waals surface area contributed by atoms with Crippen molar-refractivity contribution in [2.75, 3.05) is 6.54 Å². The number of hydrogen-bond acceptors (Lipinski definition) is 1. The minimum Gasteiger partial charge on any atom is -0.388 e. The van der Waals surface area contributed by atoms with E-state index in [-0.39, 0.29) is 6.10 Å². The fraction of sp³-hybridized carbons (Fsp3) is 0.400. The molecule has 0 saturated heterocycles. The summed E-state index contributed by atoms with van der Waals surface area (Å²) in [5.41, 5.74) is 1.28. The van der Waals surface area contributed by atoms with E-state index in [2.05, 4.69) is 33.4 Å². The van der Waals surface area contributed by atoms with E-state index in [1.54, 1.807) is 6.92 Å². The zero-order valence-corrected chi connectivity index (χ0v) is 9.29. The first-order valence-corrected chi connectivity index (χ1v) is 5.22. The van der Waals surface area contributed by atoms with Gasteiger partial charge in [0.15, 0.2) is 0 Å². The van der Waals surface area contributed by atoms with Gasteiger partial charge in [0.05, 0.1) is 6.10 Å².